The Morgan fingerprint density at radius 3 is 2.80 bits per heavy atom. The van der Waals surface area contributed by atoms with E-state index in [-0.39, 0.29) is 16.2 Å². The third-order valence-electron chi connectivity index (χ3n) is 2.10. The molecule has 3 nitrogen and oxygen atoms in total. The minimum Gasteiger partial charge on any atom is -0.301 e. The highest BCUT2D eigenvalue weighted by Crippen LogP contribution is 2.26. The number of nitrogens with one attached hydrogen (secondary N) is 2. The molecule has 0 spiro atoms. The van der Waals surface area contributed by atoms with Gasteiger partial charge in [-0.3, -0.25) is 9.89 Å². The first-order valence-corrected chi connectivity index (χ1v) is 6.11. The second-order valence-electron chi connectivity index (χ2n) is 3.27. The first-order chi connectivity index (χ1) is 7.25. The molecular weight excluding hydrogens is 232 g/mol. The summed E-state index contributed by atoms with van der Waals surface area (Å²) in [4.78, 5) is 10.9. The van der Waals surface area contributed by atoms with Crippen molar-refractivity contribution in [3.8, 4) is 0 Å². The molecule has 0 aromatic carbocycles. The van der Waals surface area contributed by atoms with Gasteiger partial charge in [-0.1, -0.05) is 24.3 Å². The number of thioether (sulfide) groups is 1. The van der Waals surface area contributed by atoms with Crippen LogP contribution in [0.3, 0.4) is 0 Å². The molecule has 1 aliphatic rings. The number of allylic oxidation sites excluding steroid dienone is 3. The average molecular weight is 243 g/mol. The summed E-state index contributed by atoms with van der Waals surface area (Å²) in [5.74, 6) is 0.755. The maximum Gasteiger partial charge on any atom is 0.264 e. The lowest BCUT2D eigenvalue weighted by Gasteiger charge is -2.17. The summed E-state index contributed by atoms with van der Waals surface area (Å²) in [6.07, 6.45) is 8.00. The van der Waals surface area contributed by atoms with E-state index in [1.165, 1.54) is 0 Å². The largest absolute Gasteiger partial charge is 0.301 e. The van der Waals surface area contributed by atoms with E-state index in [4.69, 9.17) is 11.6 Å². The van der Waals surface area contributed by atoms with Crippen molar-refractivity contribution in [3.63, 3.8) is 0 Å². The van der Waals surface area contributed by atoms with Crippen LogP contribution in [0, 0.1) is 0 Å². The third-order valence-corrected chi connectivity index (χ3v) is 3.98. The summed E-state index contributed by atoms with van der Waals surface area (Å²) < 4.78 is 0. The maximum atomic E-state index is 10.9. The van der Waals surface area contributed by atoms with E-state index in [0.29, 0.717) is 0 Å². The Balaban J connectivity index is 1.91. The highest BCUT2D eigenvalue weighted by Gasteiger charge is 2.16. The molecule has 0 amide bonds. The van der Waals surface area contributed by atoms with Crippen molar-refractivity contribution >= 4 is 23.4 Å². The van der Waals surface area contributed by atoms with Gasteiger partial charge >= 0.3 is 0 Å². The smallest absolute Gasteiger partial charge is 0.264 e. The van der Waals surface area contributed by atoms with Gasteiger partial charge in [0.25, 0.3) is 5.56 Å². The van der Waals surface area contributed by atoms with E-state index < -0.39 is 0 Å². The van der Waals surface area contributed by atoms with Crippen LogP contribution < -0.4 is 5.56 Å². The monoisotopic (exact) mass is 242 g/mol. The van der Waals surface area contributed by atoms with Crippen LogP contribution in [0.25, 0.3) is 0 Å². The molecule has 0 radical (unpaired) electrons. The van der Waals surface area contributed by atoms with E-state index in [0.717, 1.165) is 11.4 Å². The molecular formula is C10H11ClN2OS. The third kappa shape index (κ3) is 2.79. The molecule has 2 N–H and O–H groups in total. The van der Waals surface area contributed by atoms with Gasteiger partial charge in [0.05, 0.1) is 5.38 Å². The molecule has 5 heteroatoms. The fourth-order valence-electron chi connectivity index (χ4n) is 1.34. The molecule has 0 bridgehead atoms. The summed E-state index contributed by atoms with van der Waals surface area (Å²) in [6, 6.07) is 1.57. The van der Waals surface area contributed by atoms with Gasteiger partial charge in [0.1, 0.15) is 0 Å². The van der Waals surface area contributed by atoms with Crippen LogP contribution in [0.1, 0.15) is 5.69 Å². The second-order valence-corrected chi connectivity index (χ2v) is 4.94. The highest BCUT2D eigenvalue weighted by molar-refractivity contribution is 7.99. The minimum absolute atomic E-state index is 0.0330. The van der Waals surface area contributed by atoms with Crippen LogP contribution in [0.2, 0.25) is 0 Å². The molecule has 0 saturated heterocycles. The van der Waals surface area contributed by atoms with Crippen LogP contribution in [0.15, 0.2) is 35.2 Å². The fraction of sp³-hybridized carbons (Fsp3) is 0.300. The Morgan fingerprint density at radius 1 is 1.33 bits per heavy atom. The topological polar surface area (TPSA) is 48.6 Å². The van der Waals surface area contributed by atoms with Gasteiger partial charge in [-0.2, -0.15) is 0 Å². The summed E-state index contributed by atoms with van der Waals surface area (Å²) in [5, 5.41) is 5.63. The van der Waals surface area contributed by atoms with E-state index in [2.05, 4.69) is 16.3 Å². The number of alkyl halides is 1. The van der Waals surface area contributed by atoms with Crippen molar-refractivity contribution in [2.24, 2.45) is 0 Å². The number of H-pyrrole nitrogens is 2. The predicted octanol–water partition coefficient (Wildman–Crippen LogP) is 2.04. The van der Waals surface area contributed by atoms with Crippen LogP contribution in [0.4, 0.5) is 0 Å². The van der Waals surface area contributed by atoms with Crippen LogP contribution in [-0.4, -0.2) is 20.8 Å². The molecule has 1 aromatic heterocycles. The zero-order valence-electron chi connectivity index (χ0n) is 7.94. The summed E-state index contributed by atoms with van der Waals surface area (Å²) in [5.41, 5.74) is 0.809. The molecule has 1 aliphatic carbocycles. The van der Waals surface area contributed by atoms with Crippen molar-refractivity contribution in [1.29, 1.82) is 0 Å². The zero-order valence-corrected chi connectivity index (χ0v) is 9.52. The SMILES string of the molecule is O=c1cc(CSC2C=CC=CC2Cl)[nH][nH]1. The summed E-state index contributed by atoms with van der Waals surface area (Å²) in [7, 11) is 0. The molecule has 0 saturated carbocycles. The first kappa shape index (κ1) is 10.6. The molecule has 0 aliphatic heterocycles. The van der Waals surface area contributed by atoms with Crippen molar-refractivity contribution in [3.05, 3.63) is 46.4 Å². The van der Waals surface area contributed by atoms with Gasteiger partial charge < -0.3 is 5.10 Å². The lowest BCUT2D eigenvalue weighted by atomic mass is 10.2. The Morgan fingerprint density at radius 2 is 2.13 bits per heavy atom. The predicted molar refractivity (Wildman–Crippen MR) is 64.4 cm³/mol. The molecule has 80 valence electrons. The average Bonchev–Trinajstić information content (AvgIpc) is 2.63. The number of rotatable bonds is 3. The van der Waals surface area contributed by atoms with Gasteiger partial charge in [0.15, 0.2) is 0 Å². The lowest BCUT2D eigenvalue weighted by Crippen LogP contribution is -2.14. The minimum atomic E-state index is -0.0906. The Hall–Kier alpha value is -0.870. The summed E-state index contributed by atoms with van der Waals surface area (Å²) in [6.45, 7) is 0. The van der Waals surface area contributed by atoms with E-state index in [1.54, 1.807) is 17.8 Å². The normalized spacial score (nSPS) is 24.6. The quantitative estimate of drug-likeness (QED) is 0.797. The van der Waals surface area contributed by atoms with Gasteiger partial charge in [-0.15, -0.1) is 23.4 Å². The van der Waals surface area contributed by atoms with Gasteiger partial charge in [-0.25, -0.2) is 0 Å². The summed E-state index contributed by atoms with van der Waals surface area (Å²) >= 11 is 7.83. The van der Waals surface area contributed by atoms with Crippen molar-refractivity contribution in [2.75, 3.05) is 0 Å². The fourth-order valence-corrected chi connectivity index (χ4v) is 2.73. The Kier molecular flexibility index (Phi) is 3.38. The molecule has 0 fully saturated rings. The van der Waals surface area contributed by atoms with Crippen molar-refractivity contribution in [1.82, 2.24) is 10.2 Å². The number of hydrogen-bond donors (Lipinski definition) is 2. The maximum absolute atomic E-state index is 10.9. The number of hydrogen-bond acceptors (Lipinski definition) is 2. The van der Waals surface area contributed by atoms with Gasteiger partial charge in [0.2, 0.25) is 0 Å². The zero-order chi connectivity index (χ0) is 10.7. The molecule has 2 rings (SSSR count). The van der Waals surface area contributed by atoms with Crippen molar-refractivity contribution in [2.45, 2.75) is 16.4 Å². The molecule has 2 unspecified atom stereocenters. The van der Waals surface area contributed by atoms with Crippen LogP contribution >= 0.6 is 23.4 Å². The number of halogens is 1. The highest BCUT2D eigenvalue weighted by atomic mass is 35.5. The van der Waals surface area contributed by atoms with Gasteiger partial charge in [-0.05, 0) is 0 Å². The standard InChI is InChI=1S/C10H11ClN2OS/c11-8-3-1-2-4-9(8)15-6-7-5-10(14)13-12-7/h1-5,8-9H,6H2,(H2,12,13,14). The number of aromatic nitrogens is 2. The molecule has 1 aromatic rings. The Labute approximate surface area is 96.6 Å². The Bertz CT molecular complexity index is 435. The molecule has 15 heavy (non-hydrogen) atoms. The molecule has 2 atom stereocenters. The first-order valence-electron chi connectivity index (χ1n) is 4.63. The van der Waals surface area contributed by atoms with Crippen LogP contribution in [-0.2, 0) is 5.75 Å². The molecule has 1 heterocycles. The number of aromatic amines is 2. The van der Waals surface area contributed by atoms with Gasteiger partial charge in [0, 0.05) is 22.8 Å². The van der Waals surface area contributed by atoms with Crippen molar-refractivity contribution < 1.29 is 0 Å². The van der Waals surface area contributed by atoms with E-state index in [1.807, 2.05) is 18.2 Å². The second kappa shape index (κ2) is 4.77. The van der Waals surface area contributed by atoms with E-state index in [9.17, 15) is 4.79 Å². The van der Waals surface area contributed by atoms with Crippen LogP contribution in [0.5, 0.6) is 0 Å². The van der Waals surface area contributed by atoms with E-state index >= 15 is 0 Å². The lowest BCUT2D eigenvalue weighted by molar-refractivity contribution is 1.01.